The van der Waals surface area contributed by atoms with E-state index in [-0.39, 0.29) is 6.23 Å². The SMILES string of the molecule is CC(N)OCc1ccccn1. The Labute approximate surface area is 66.2 Å². The molecule has 1 heterocycles. The predicted octanol–water partition coefficient (Wildman–Crippen LogP) is 0.903. The minimum absolute atomic E-state index is 0.225. The highest BCUT2D eigenvalue weighted by Gasteiger charge is 1.94. The van der Waals surface area contributed by atoms with Crippen LogP contribution in [-0.4, -0.2) is 11.2 Å². The second-order valence-corrected chi connectivity index (χ2v) is 2.34. The molecule has 0 saturated carbocycles. The molecule has 0 aliphatic rings. The molecule has 1 atom stereocenters. The van der Waals surface area contributed by atoms with Crippen molar-refractivity contribution in [3.8, 4) is 0 Å². The van der Waals surface area contributed by atoms with E-state index in [4.69, 9.17) is 10.5 Å². The average Bonchev–Trinajstić information content (AvgIpc) is 2.03. The smallest absolute Gasteiger partial charge is 0.103 e. The first-order valence-electron chi connectivity index (χ1n) is 3.56. The van der Waals surface area contributed by atoms with Crippen LogP contribution in [0.5, 0.6) is 0 Å². The number of ether oxygens (including phenoxy) is 1. The highest BCUT2D eigenvalue weighted by atomic mass is 16.5. The zero-order chi connectivity index (χ0) is 8.10. The van der Waals surface area contributed by atoms with Crippen molar-refractivity contribution < 1.29 is 4.74 Å². The maximum atomic E-state index is 5.39. The van der Waals surface area contributed by atoms with Crippen molar-refractivity contribution in [3.05, 3.63) is 30.1 Å². The number of nitrogens with zero attached hydrogens (tertiary/aromatic N) is 1. The zero-order valence-corrected chi connectivity index (χ0v) is 6.53. The molecule has 1 aromatic heterocycles. The summed E-state index contributed by atoms with van der Waals surface area (Å²) < 4.78 is 5.14. The third-order valence-electron chi connectivity index (χ3n) is 1.22. The molecule has 0 saturated heterocycles. The van der Waals surface area contributed by atoms with Crippen LogP contribution in [0.25, 0.3) is 0 Å². The summed E-state index contributed by atoms with van der Waals surface area (Å²) in [5.41, 5.74) is 6.30. The van der Waals surface area contributed by atoms with Gasteiger partial charge in [0, 0.05) is 6.20 Å². The molecule has 0 spiro atoms. The molecule has 0 aliphatic heterocycles. The van der Waals surface area contributed by atoms with Crippen molar-refractivity contribution in [3.63, 3.8) is 0 Å². The molecule has 3 nitrogen and oxygen atoms in total. The predicted molar refractivity (Wildman–Crippen MR) is 42.7 cm³/mol. The topological polar surface area (TPSA) is 48.1 Å². The van der Waals surface area contributed by atoms with Gasteiger partial charge in [-0.25, -0.2) is 0 Å². The summed E-state index contributed by atoms with van der Waals surface area (Å²) in [6.45, 7) is 2.28. The summed E-state index contributed by atoms with van der Waals surface area (Å²) in [4.78, 5) is 4.07. The standard InChI is InChI=1S/C8H12N2O/c1-7(9)11-6-8-4-2-3-5-10-8/h2-5,7H,6,9H2,1H3. The van der Waals surface area contributed by atoms with Gasteiger partial charge in [0.05, 0.1) is 12.3 Å². The molecule has 60 valence electrons. The van der Waals surface area contributed by atoms with Gasteiger partial charge in [-0.2, -0.15) is 0 Å². The summed E-state index contributed by atoms with van der Waals surface area (Å²) >= 11 is 0. The number of aromatic nitrogens is 1. The molecule has 0 radical (unpaired) electrons. The fourth-order valence-electron chi connectivity index (χ4n) is 0.700. The third kappa shape index (κ3) is 3.11. The van der Waals surface area contributed by atoms with Crippen LogP contribution < -0.4 is 5.73 Å². The fourth-order valence-corrected chi connectivity index (χ4v) is 0.700. The number of pyridine rings is 1. The van der Waals surface area contributed by atoms with E-state index in [1.54, 1.807) is 13.1 Å². The molecular formula is C8H12N2O. The van der Waals surface area contributed by atoms with Gasteiger partial charge in [-0.1, -0.05) is 6.07 Å². The van der Waals surface area contributed by atoms with Crippen LogP contribution in [0, 0.1) is 0 Å². The van der Waals surface area contributed by atoms with E-state index >= 15 is 0 Å². The largest absolute Gasteiger partial charge is 0.358 e. The van der Waals surface area contributed by atoms with Crippen LogP contribution in [0.2, 0.25) is 0 Å². The quantitative estimate of drug-likeness (QED) is 0.655. The van der Waals surface area contributed by atoms with Crippen LogP contribution in [0.1, 0.15) is 12.6 Å². The van der Waals surface area contributed by atoms with E-state index in [0.717, 1.165) is 5.69 Å². The molecule has 1 aromatic rings. The van der Waals surface area contributed by atoms with Gasteiger partial charge in [0.25, 0.3) is 0 Å². The molecule has 0 aliphatic carbocycles. The summed E-state index contributed by atoms with van der Waals surface area (Å²) in [5, 5.41) is 0. The van der Waals surface area contributed by atoms with Gasteiger partial charge in [-0.15, -0.1) is 0 Å². The molecular weight excluding hydrogens is 140 g/mol. The Bertz CT molecular complexity index is 199. The lowest BCUT2D eigenvalue weighted by Crippen LogP contribution is -2.18. The maximum absolute atomic E-state index is 5.39. The molecule has 1 unspecified atom stereocenters. The molecule has 1 rings (SSSR count). The Balaban J connectivity index is 2.39. The van der Waals surface area contributed by atoms with Crippen molar-refractivity contribution in [2.45, 2.75) is 19.8 Å². The van der Waals surface area contributed by atoms with E-state index in [1.807, 2.05) is 18.2 Å². The Morgan fingerprint density at radius 2 is 2.45 bits per heavy atom. The van der Waals surface area contributed by atoms with Crippen molar-refractivity contribution >= 4 is 0 Å². The van der Waals surface area contributed by atoms with Gasteiger partial charge in [-0.05, 0) is 19.1 Å². The molecule has 11 heavy (non-hydrogen) atoms. The van der Waals surface area contributed by atoms with Gasteiger partial charge >= 0.3 is 0 Å². The zero-order valence-electron chi connectivity index (χ0n) is 6.53. The lowest BCUT2D eigenvalue weighted by Gasteiger charge is -2.05. The van der Waals surface area contributed by atoms with Crippen molar-refractivity contribution in [2.75, 3.05) is 0 Å². The average molecular weight is 152 g/mol. The Kier molecular flexibility index (Phi) is 3.01. The Morgan fingerprint density at radius 3 is 3.00 bits per heavy atom. The van der Waals surface area contributed by atoms with E-state index < -0.39 is 0 Å². The van der Waals surface area contributed by atoms with Gasteiger partial charge in [0.15, 0.2) is 0 Å². The van der Waals surface area contributed by atoms with E-state index in [2.05, 4.69) is 4.98 Å². The lowest BCUT2D eigenvalue weighted by atomic mass is 10.4. The summed E-state index contributed by atoms with van der Waals surface area (Å²) in [6.07, 6.45) is 1.51. The third-order valence-corrected chi connectivity index (χ3v) is 1.22. The number of rotatable bonds is 3. The van der Waals surface area contributed by atoms with E-state index in [0.29, 0.717) is 6.61 Å². The van der Waals surface area contributed by atoms with Crippen LogP contribution in [-0.2, 0) is 11.3 Å². The highest BCUT2D eigenvalue weighted by molar-refractivity contribution is 5.01. The second-order valence-electron chi connectivity index (χ2n) is 2.34. The molecule has 0 fully saturated rings. The molecule has 0 amide bonds. The van der Waals surface area contributed by atoms with Gasteiger partial charge < -0.3 is 10.5 Å². The number of nitrogens with two attached hydrogens (primary N) is 1. The van der Waals surface area contributed by atoms with E-state index in [1.165, 1.54) is 0 Å². The van der Waals surface area contributed by atoms with Crippen LogP contribution in [0.3, 0.4) is 0 Å². The maximum Gasteiger partial charge on any atom is 0.103 e. The summed E-state index contributed by atoms with van der Waals surface area (Å²) in [5.74, 6) is 0. The summed E-state index contributed by atoms with van der Waals surface area (Å²) in [6, 6.07) is 5.70. The van der Waals surface area contributed by atoms with Gasteiger partial charge in [0.1, 0.15) is 6.23 Å². The fraction of sp³-hybridized carbons (Fsp3) is 0.375. The second kappa shape index (κ2) is 4.05. The summed E-state index contributed by atoms with van der Waals surface area (Å²) in [7, 11) is 0. The number of hydrogen-bond donors (Lipinski definition) is 1. The first-order valence-corrected chi connectivity index (χ1v) is 3.56. The van der Waals surface area contributed by atoms with Crippen LogP contribution in [0.4, 0.5) is 0 Å². The van der Waals surface area contributed by atoms with Crippen molar-refractivity contribution in [2.24, 2.45) is 5.73 Å². The minimum Gasteiger partial charge on any atom is -0.358 e. The minimum atomic E-state index is -0.225. The first-order chi connectivity index (χ1) is 5.29. The molecule has 0 bridgehead atoms. The Hall–Kier alpha value is -0.930. The first kappa shape index (κ1) is 8.17. The van der Waals surface area contributed by atoms with Crippen LogP contribution >= 0.6 is 0 Å². The molecule has 0 aromatic carbocycles. The monoisotopic (exact) mass is 152 g/mol. The number of hydrogen-bond acceptors (Lipinski definition) is 3. The van der Waals surface area contributed by atoms with E-state index in [9.17, 15) is 0 Å². The lowest BCUT2D eigenvalue weighted by molar-refractivity contribution is 0.0556. The van der Waals surface area contributed by atoms with Gasteiger partial charge in [-0.3, -0.25) is 4.98 Å². The molecule has 2 N–H and O–H groups in total. The normalized spacial score (nSPS) is 12.9. The highest BCUT2D eigenvalue weighted by Crippen LogP contribution is 1.96. The molecule has 3 heteroatoms. The van der Waals surface area contributed by atoms with Gasteiger partial charge in [0.2, 0.25) is 0 Å². The van der Waals surface area contributed by atoms with Crippen molar-refractivity contribution in [1.82, 2.24) is 4.98 Å². The Morgan fingerprint density at radius 1 is 1.64 bits per heavy atom. The van der Waals surface area contributed by atoms with Crippen LogP contribution in [0.15, 0.2) is 24.4 Å². The van der Waals surface area contributed by atoms with Crippen molar-refractivity contribution in [1.29, 1.82) is 0 Å².